The van der Waals surface area contributed by atoms with Gasteiger partial charge in [-0.15, -0.1) is 0 Å². The van der Waals surface area contributed by atoms with Gasteiger partial charge in [0.25, 0.3) is 0 Å². The van der Waals surface area contributed by atoms with Crippen LogP contribution in [0.3, 0.4) is 0 Å². The topological polar surface area (TPSA) is 134 Å². The van der Waals surface area contributed by atoms with Gasteiger partial charge in [-0.25, -0.2) is 4.57 Å². The van der Waals surface area contributed by atoms with Crippen LogP contribution in [-0.4, -0.2) is 49.3 Å². The molecule has 0 aliphatic carbocycles. The van der Waals surface area contributed by atoms with Gasteiger partial charge < -0.3 is 20.1 Å². The fourth-order valence-electron chi connectivity index (χ4n) is 5.68. The third-order valence-corrected chi connectivity index (χ3v) is 9.79. The van der Waals surface area contributed by atoms with Gasteiger partial charge in [0.15, 0.2) is 6.10 Å². The third-order valence-electron chi connectivity index (χ3n) is 8.81. The van der Waals surface area contributed by atoms with E-state index in [0.717, 1.165) is 64.2 Å². The van der Waals surface area contributed by atoms with Crippen LogP contribution in [0.15, 0.2) is 24.3 Å². The highest BCUT2D eigenvalue weighted by atomic mass is 31.2. The van der Waals surface area contributed by atoms with E-state index in [0.29, 0.717) is 6.42 Å². The maximum absolute atomic E-state index is 12.6. The quantitative estimate of drug-likeness (QED) is 0.0273. The monoisotopic (exact) mass is 744 g/mol. The molecule has 0 saturated carbocycles. The number of phosphoric acid groups is 1. The Balaban J connectivity index is 4.16. The number of nitrogens with two attached hydrogens (primary N) is 1. The number of allylic oxidation sites excluding steroid dienone is 4. The van der Waals surface area contributed by atoms with Crippen LogP contribution in [0.1, 0.15) is 194 Å². The molecule has 3 N–H and O–H groups in total. The molecule has 51 heavy (non-hydrogen) atoms. The minimum atomic E-state index is -4.37. The maximum Gasteiger partial charge on any atom is 0.472 e. The Morgan fingerprint density at radius 3 is 1.43 bits per heavy atom. The number of esters is 2. The first-order valence-electron chi connectivity index (χ1n) is 20.8. The molecular weight excluding hydrogens is 665 g/mol. The molecule has 0 fully saturated rings. The number of ether oxygens (including phenoxy) is 2. The average molecular weight is 744 g/mol. The summed E-state index contributed by atoms with van der Waals surface area (Å²) in [7, 11) is -4.37. The lowest BCUT2D eigenvalue weighted by atomic mass is 10.1. The van der Waals surface area contributed by atoms with Crippen molar-refractivity contribution in [1.29, 1.82) is 0 Å². The molecule has 2 unspecified atom stereocenters. The number of carbonyl (C=O) groups is 2. The first-order chi connectivity index (χ1) is 24.8. The second-order valence-electron chi connectivity index (χ2n) is 13.8. The highest BCUT2D eigenvalue weighted by Gasteiger charge is 2.26. The SMILES string of the molecule is CCCCC/C=C\CCCCCCCC(=O)OCC(COP(=O)(O)OCCN)OC(=O)CCCCCCCCC/C=C\CCCCCCCCC. The van der Waals surface area contributed by atoms with Gasteiger partial charge in [0.05, 0.1) is 13.2 Å². The Morgan fingerprint density at radius 1 is 0.569 bits per heavy atom. The van der Waals surface area contributed by atoms with Gasteiger partial charge in [0, 0.05) is 19.4 Å². The summed E-state index contributed by atoms with van der Waals surface area (Å²) in [5.74, 6) is -0.841. The molecule has 0 aliphatic heterocycles. The molecule has 0 aromatic carbocycles. The van der Waals surface area contributed by atoms with E-state index in [1.807, 2.05) is 0 Å². The fraction of sp³-hybridized carbons (Fsp3) is 0.854. The normalized spacial score (nSPS) is 13.6. The average Bonchev–Trinajstić information content (AvgIpc) is 3.11. The summed E-state index contributed by atoms with van der Waals surface area (Å²) in [6.07, 6.45) is 39.2. The number of hydrogen-bond donors (Lipinski definition) is 2. The first kappa shape index (κ1) is 49.5. The molecule has 0 amide bonds. The molecule has 9 nitrogen and oxygen atoms in total. The fourth-order valence-corrected chi connectivity index (χ4v) is 6.45. The number of rotatable bonds is 39. The highest BCUT2D eigenvalue weighted by Crippen LogP contribution is 2.43. The first-order valence-corrected chi connectivity index (χ1v) is 22.3. The van der Waals surface area contributed by atoms with Crippen molar-refractivity contribution in [3.05, 3.63) is 24.3 Å². The minimum Gasteiger partial charge on any atom is -0.462 e. The van der Waals surface area contributed by atoms with Crippen LogP contribution in [0.5, 0.6) is 0 Å². The minimum absolute atomic E-state index is 0.0524. The van der Waals surface area contributed by atoms with E-state index in [4.69, 9.17) is 24.3 Å². The summed E-state index contributed by atoms with van der Waals surface area (Å²) >= 11 is 0. The van der Waals surface area contributed by atoms with Crippen LogP contribution >= 0.6 is 7.82 Å². The van der Waals surface area contributed by atoms with Gasteiger partial charge in [-0.2, -0.15) is 0 Å². The van der Waals surface area contributed by atoms with Crippen LogP contribution in [0.4, 0.5) is 0 Å². The lowest BCUT2D eigenvalue weighted by Gasteiger charge is -2.19. The summed E-state index contributed by atoms with van der Waals surface area (Å²) < 4.78 is 32.7. The molecule has 0 saturated heterocycles. The lowest BCUT2D eigenvalue weighted by molar-refractivity contribution is -0.161. The van der Waals surface area contributed by atoms with E-state index >= 15 is 0 Å². The van der Waals surface area contributed by atoms with Crippen molar-refractivity contribution >= 4 is 19.8 Å². The summed E-state index contributed by atoms with van der Waals surface area (Å²) in [4.78, 5) is 34.8. The summed E-state index contributed by atoms with van der Waals surface area (Å²) in [6.45, 7) is 3.69. The van der Waals surface area contributed by atoms with Gasteiger partial charge in [-0.3, -0.25) is 18.6 Å². The Morgan fingerprint density at radius 2 is 0.961 bits per heavy atom. The summed E-state index contributed by atoms with van der Waals surface area (Å²) in [5, 5.41) is 0. The van der Waals surface area contributed by atoms with E-state index < -0.39 is 32.5 Å². The largest absolute Gasteiger partial charge is 0.472 e. The molecule has 0 spiro atoms. The van der Waals surface area contributed by atoms with E-state index in [2.05, 4.69) is 38.2 Å². The van der Waals surface area contributed by atoms with Gasteiger partial charge in [-0.05, 0) is 64.2 Å². The molecule has 0 bridgehead atoms. The zero-order valence-corrected chi connectivity index (χ0v) is 33.7. The van der Waals surface area contributed by atoms with Crippen molar-refractivity contribution in [3.8, 4) is 0 Å². The smallest absolute Gasteiger partial charge is 0.462 e. The van der Waals surface area contributed by atoms with Crippen molar-refractivity contribution in [1.82, 2.24) is 0 Å². The van der Waals surface area contributed by atoms with Gasteiger partial charge >= 0.3 is 19.8 Å². The molecule has 0 aromatic rings. The standard InChI is InChI=1S/C41H78NO8P/c1-3-5-7-9-11-13-15-17-18-19-20-21-22-24-26-28-30-32-34-41(44)50-39(38-49-51(45,46)48-36-35-42)37-47-40(43)33-31-29-27-25-23-16-14-12-10-8-6-4-2/h12,14,18-19,39H,3-11,13,15-17,20-38,42H2,1-2H3,(H,45,46)/b14-12-,19-18-. The molecule has 0 rings (SSSR count). The number of hydrogen-bond acceptors (Lipinski definition) is 8. The molecule has 0 aromatic heterocycles. The maximum atomic E-state index is 12.6. The number of carbonyl (C=O) groups excluding carboxylic acids is 2. The molecule has 2 atom stereocenters. The van der Waals surface area contributed by atoms with E-state index in [1.165, 1.54) is 96.3 Å². The Labute approximate surface area is 312 Å². The molecule has 300 valence electrons. The Kier molecular flexibility index (Phi) is 37.1. The van der Waals surface area contributed by atoms with Crippen LogP contribution in [-0.2, 0) is 32.7 Å². The van der Waals surface area contributed by atoms with Crippen LogP contribution < -0.4 is 5.73 Å². The zero-order chi connectivity index (χ0) is 37.5. The Bertz CT molecular complexity index is 897. The predicted molar refractivity (Wildman–Crippen MR) is 211 cm³/mol. The second kappa shape index (κ2) is 38.2. The van der Waals surface area contributed by atoms with Crippen molar-refractivity contribution < 1.29 is 37.6 Å². The zero-order valence-electron chi connectivity index (χ0n) is 32.8. The van der Waals surface area contributed by atoms with Crippen molar-refractivity contribution in [2.24, 2.45) is 5.73 Å². The van der Waals surface area contributed by atoms with E-state index in [9.17, 15) is 19.0 Å². The van der Waals surface area contributed by atoms with Gasteiger partial charge in [0.2, 0.25) is 0 Å². The van der Waals surface area contributed by atoms with Gasteiger partial charge in [0.1, 0.15) is 6.61 Å². The molecule has 0 aliphatic rings. The summed E-state index contributed by atoms with van der Waals surface area (Å²) in [6, 6.07) is 0. The third kappa shape index (κ3) is 38.0. The van der Waals surface area contributed by atoms with Crippen LogP contribution in [0, 0.1) is 0 Å². The predicted octanol–water partition coefficient (Wildman–Crippen LogP) is 11.6. The molecular formula is C41H78NO8P. The van der Waals surface area contributed by atoms with E-state index in [1.54, 1.807) is 0 Å². The Hall–Kier alpha value is -1.51. The van der Waals surface area contributed by atoms with Crippen LogP contribution in [0.25, 0.3) is 0 Å². The molecule has 0 radical (unpaired) electrons. The van der Waals surface area contributed by atoms with E-state index in [-0.39, 0.29) is 32.6 Å². The molecule has 10 heteroatoms. The van der Waals surface area contributed by atoms with Crippen molar-refractivity contribution in [2.45, 2.75) is 200 Å². The number of phosphoric ester groups is 1. The van der Waals surface area contributed by atoms with Gasteiger partial charge in [-0.1, -0.05) is 141 Å². The summed E-state index contributed by atoms with van der Waals surface area (Å²) in [5.41, 5.74) is 5.34. The van der Waals surface area contributed by atoms with Crippen molar-refractivity contribution in [3.63, 3.8) is 0 Å². The second-order valence-corrected chi connectivity index (χ2v) is 15.3. The van der Waals surface area contributed by atoms with Crippen molar-refractivity contribution in [2.75, 3.05) is 26.4 Å². The molecule has 0 heterocycles. The highest BCUT2D eigenvalue weighted by molar-refractivity contribution is 7.47. The number of unbranched alkanes of at least 4 members (excludes halogenated alkanes) is 22. The van der Waals surface area contributed by atoms with Crippen LogP contribution in [0.2, 0.25) is 0 Å². The lowest BCUT2D eigenvalue weighted by Crippen LogP contribution is -2.29.